The van der Waals surface area contributed by atoms with Crippen molar-refractivity contribution in [1.29, 1.82) is 0 Å². The van der Waals surface area contributed by atoms with Crippen LogP contribution in [-0.2, 0) is 5.75 Å². The lowest BCUT2D eigenvalue weighted by Gasteiger charge is -2.03. The van der Waals surface area contributed by atoms with Crippen LogP contribution in [0.1, 0.15) is 12.0 Å². The van der Waals surface area contributed by atoms with Gasteiger partial charge in [0.25, 0.3) is 0 Å². The molecule has 0 saturated carbocycles. The lowest BCUT2D eigenvalue weighted by Crippen LogP contribution is -1.87. The van der Waals surface area contributed by atoms with Crippen molar-refractivity contribution in [3.8, 4) is 0 Å². The van der Waals surface area contributed by atoms with E-state index in [0.29, 0.717) is 5.88 Å². The van der Waals surface area contributed by atoms with Gasteiger partial charge in [-0.15, -0.1) is 11.6 Å². The Kier molecular flexibility index (Phi) is 5.90. The number of alkyl halides is 1. The van der Waals surface area contributed by atoms with Gasteiger partial charge in [0, 0.05) is 16.1 Å². The SMILES string of the molecule is Fc1ccc(CSCCCCl)c(Br)c1. The molecule has 0 aliphatic carbocycles. The van der Waals surface area contributed by atoms with Crippen molar-refractivity contribution in [3.63, 3.8) is 0 Å². The Morgan fingerprint density at radius 3 is 2.86 bits per heavy atom. The van der Waals surface area contributed by atoms with Crippen LogP contribution in [0.3, 0.4) is 0 Å². The number of hydrogen-bond acceptors (Lipinski definition) is 1. The van der Waals surface area contributed by atoms with E-state index in [1.807, 2.05) is 17.8 Å². The minimum absolute atomic E-state index is 0.202. The molecular weight excluding hydrogens is 287 g/mol. The van der Waals surface area contributed by atoms with Gasteiger partial charge in [-0.2, -0.15) is 11.8 Å². The molecule has 0 saturated heterocycles. The topological polar surface area (TPSA) is 0 Å². The number of halogens is 3. The van der Waals surface area contributed by atoms with E-state index in [0.717, 1.165) is 28.0 Å². The molecule has 0 spiro atoms. The number of hydrogen-bond donors (Lipinski definition) is 0. The van der Waals surface area contributed by atoms with Gasteiger partial charge in [-0.3, -0.25) is 0 Å². The summed E-state index contributed by atoms with van der Waals surface area (Å²) in [4.78, 5) is 0. The van der Waals surface area contributed by atoms with E-state index in [1.54, 1.807) is 0 Å². The first-order valence-corrected chi connectivity index (χ1v) is 6.80. The highest BCUT2D eigenvalue weighted by Crippen LogP contribution is 2.22. The van der Waals surface area contributed by atoms with Gasteiger partial charge in [0.2, 0.25) is 0 Å². The Labute approximate surface area is 101 Å². The molecule has 0 aliphatic rings. The molecule has 0 atom stereocenters. The van der Waals surface area contributed by atoms with Gasteiger partial charge in [-0.25, -0.2) is 4.39 Å². The maximum absolute atomic E-state index is 12.7. The summed E-state index contributed by atoms with van der Waals surface area (Å²) in [7, 11) is 0. The Hall–Kier alpha value is 0.270. The second kappa shape index (κ2) is 6.70. The minimum Gasteiger partial charge on any atom is -0.207 e. The van der Waals surface area contributed by atoms with E-state index in [4.69, 9.17) is 11.6 Å². The summed E-state index contributed by atoms with van der Waals surface area (Å²) < 4.78 is 13.6. The molecule has 0 fully saturated rings. The zero-order chi connectivity index (χ0) is 10.4. The van der Waals surface area contributed by atoms with Crippen LogP contribution in [0.25, 0.3) is 0 Å². The van der Waals surface area contributed by atoms with E-state index in [1.165, 1.54) is 12.1 Å². The molecule has 0 aliphatic heterocycles. The Bertz CT molecular complexity index is 293. The highest BCUT2D eigenvalue weighted by Gasteiger charge is 2.01. The Morgan fingerprint density at radius 2 is 2.21 bits per heavy atom. The van der Waals surface area contributed by atoms with Crippen LogP contribution in [-0.4, -0.2) is 11.6 Å². The third-order valence-corrected chi connectivity index (χ3v) is 3.79. The molecule has 1 aromatic rings. The lowest BCUT2D eigenvalue weighted by atomic mass is 10.2. The second-order valence-electron chi connectivity index (χ2n) is 2.83. The molecule has 4 heteroatoms. The average molecular weight is 298 g/mol. The van der Waals surface area contributed by atoms with Crippen LogP contribution in [0.4, 0.5) is 4.39 Å². The standard InChI is InChI=1S/C10H11BrClFS/c11-10-6-9(13)3-2-8(10)7-14-5-1-4-12/h2-3,6H,1,4-5,7H2. The van der Waals surface area contributed by atoms with E-state index in [-0.39, 0.29) is 5.82 Å². The molecular formula is C10H11BrClFS. The van der Waals surface area contributed by atoms with E-state index in [2.05, 4.69) is 15.9 Å². The summed E-state index contributed by atoms with van der Waals surface area (Å²) in [6.45, 7) is 0. The van der Waals surface area contributed by atoms with Crippen LogP contribution in [0.2, 0.25) is 0 Å². The molecule has 0 aromatic heterocycles. The molecule has 0 heterocycles. The molecule has 0 radical (unpaired) electrons. The monoisotopic (exact) mass is 296 g/mol. The normalized spacial score (nSPS) is 10.5. The van der Waals surface area contributed by atoms with Crippen LogP contribution in [0.15, 0.2) is 22.7 Å². The van der Waals surface area contributed by atoms with Gasteiger partial charge in [0.1, 0.15) is 5.82 Å². The molecule has 0 unspecified atom stereocenters. The highest BCUT2D eigenvalue weighted by atomic mass is 79.9. The van der Waals surface area contributed by atoms with Gasteiger partial charge >= 0.3 is 0 Å². The van der Waals surface area contributed by atoms with Crippen LogP contribution >= 0.6 is 39.3 Å². The van der Waals surface area contributed by atoms with Gasteiger partial charge in [-0.1, -0.05) is 22.0 Å². The third-order valence-electron chi connectivity index (χ3n) is 1.69. The zero-order valence-electron chi connectivity index (χ0n) is 7.60. The Morgan fingerprint density at radius 1 is 1.43 bits per heavy atom. The van der Waals surface area contributed by atoms with Crippen molar-refractivity contribution in [1.82, 2.24) is 0 Å². The number of benzene rings is 1. The number of thioether (sulfide) groups is 1. The largest absolute Gasteiger partial charge is 0.207 e. The summed E-state index contributed by atoms with van der Waals surface area (Å²) in [5.41, 5.74) is 1.13. The fourth-order valence-corrected chi connectivity index (χ4v) is 2.91. The van der Waals surface area contributed by atoms with Crippen molar-refractivity contribution >= 4 is 39.3 Å². The van der Waals surface area contributed by atoms with Gasteiger partial charge < -0.3 is 0 Å². The smallest absolute Gasteiger partial charge is 0.124 e. The van der Waals surface area contributed by atoms with Crippen LogP contribution in [0, 0.1) is 5.82 Å². The summed E-state index contributed by atoms with van der Waals surface area (Å²) >= 11 is 10.7. The highest BCUT2D eigenvalue weighted by molar-refractivity contribution is 9.10. The third kappa shape index (κ3) is 4.20. The number of rotatable bonds is 5. The molecule has 0 N–H and O–H groups in total. The molecule has 1 aromatic carbocycles. The maximum Gasteiger partial charge on any atom is 0.124 e. The van der Waals surface area contributed by atoms with Crippen molar-refractivity contribution in [2.24, 2.45) is 0 Å². The zero-order valence-corrected chi connectivity index (χ0v) is 10.8. The summed E-state index contributed by atoms with van der Waals surface area (Å²) in [5.74, 6) is 2.45. The predicted octanol–water partition coefficient (Wildman–Crippen LogP) is 4.45. The molecule has 78 valence electrons. The van der Waals surface area contributed by atoms with Crippen LogP contribution in [0.5, 0.6) is 0 Å². The minimum atomic E-state index is -0.202. The average Bonchev–Trinajstić information content (AvgIpc) is 2.15. The lowest BCUT2D eigenvalue weighted by molar-refractivity contribution is 0.626. The first kappa shape index (κ1) is 12.3. The van der Waals surface area contributed by atoms with E-state index < -0.39 is 0 Å². The first-order chi connectivity index (χ1) is 6.74. The summed E-state index contributed by atoms with van der Waals surface area (Å²) in [6.07, 6.45) is 1.02. The van der Waals surface area contributed by atoms with Crippen LogP contribution < -0.4 is 0 Å². The Balaban J connectivity index is 2.42. The van der Waals surface area contributed by atoms with Gasteiger partial charge in [0.15, 0.2) is 0 Å². The molecule has 0 amide bonds. The van der Waals surface area contributed by atoms with Gasteiger partial charge in [0.05, 0.1) is 0 Å². The van der Waals surface area contributed by atoms with Crippen molar-refractivity contribution in [3.05, 3.63) is 34.1 Å². The fourth-order valence-electron chi connectivity index (χ4n) is 0.977. The van der Waals surface area contributed by atoms with Crippen molar-refractivity contribution in [2.75, 3.05) is 11.6 Å². The molecule has 0 nitrogen and oxygen atoms in total. The first-order valence-electron chi connectivity index (χ1n) is 4.31. The van der Waals surface area contributed by atoms with Crippen molar-refractivity contribution in [2.45, 2.75) is 12.2 Å². The van der Waals surface area contributed by atoms with E-state index >= 15 is 0 Å². The molecule has 0 bridgehead atoms. The predicted molar refractivity (Wildman–Crippen MR) is 65.6 cm³/mol. The molecule has 14 heavy (non-hydrogen) atoms. The summed E-state index contributed by atoms with van der Waals surface area (Å²) in [5, 5.41) is 0. The van der Waals surface area contributed by atoms with Gasteiger partial charge in [-0.05, 0) is 29.9 Å². The van der Waals surface area contributed by atoms with Crippen molar-refractivity contribution < 1.29 is 4.39 Å². The second-order valence-corrected chi connectivity index (χ2v) is 5.17. The summed E-state index contributed by atoms with van der Waals surface area (Å²) in [6, 6.07) is 4.80. The quantitative estimate of drug-likeness (QED) is 0.571. The fraction of sp³-hybridized carbons (Fsp3) is 0.400. The van der Waals surface area contributed by atoms with E-state index in [9.17, 15) is 4.39 Å². The maximum atomic E-state index is 12.7. The molecule has 1 rings (SSSR count).